The Morgan fingerprint density at radius 3 is 3.11 bits per heavy atom. The molecule has 0 aromatic heterocycles. The van der Waals surface area contributed by atoms with Crippen LogP contribution in [0.5, 0.6) is 5.75 Å². The van der Waals surface area contributed by atoms with Crippen LogP contribution in [0.2, 0.25) is 0 Å². The van der Waals surface area contributed by atoms with E-state index in [2.05, 4.69) is 18.3 Å². The molecule has 0 spiro atoms. The van der Waals surface area contributed by atoms with E-state index in [1.165, 1.54) is 0 Å². The highest BCUT2D eigenvalue weighted by molar-refractivity contribution is 7.99. The second-order valence-corrected chi connectivity index (χ2v) is 6.07. The van der Waals surface area contributed by atoms with Crippen molar-refractivity contribution in [2.45, 2.75) is 31.9 Å². The van der Waals surface area contributed by atoms with Gasteiger partial charge in [0.25, 0.3) is 0 Å². The third kappa shape index (κ3) is 4.71. The van der Waals surface area contributed by atoms with Crippen LogP contribution in [0.15, 0.2) is 24.3 Å². The molecule has 1 aromatic carbocycles. The SMILES string of the molecule is CCCNC(Cc1cccc(O)c1)C1CSCCO1. The molecule has 1 fully saturated rings. The predicted octanol–water partition coefficient (Wildman–Crippen LogP) is 2.43. The zero-order chi connectivity index (χ0) is 13.5. The number of hydrogen-bond acceptors (Lipinski definition) is 4. The molecule has 1 aliphatic rings. The van der Waals surface area contributed by atoms with Crippen molar-refractivity contribution in [3.05, 3.63) is 29.8 Å². The van der Waals surface area contributed by atoms with Crippen molar-refractivity contribution in [3.8, 4) is 5.75 Å². The van der Waals surface area contributed by atoms with Crippen LogP contribution in [0.3, 0.4) is 0 Å². The highest BCUT2D eigenvalue weighted by Gasteiger charge is 2.24. The Balaban J connectivity index is 1.99. The van der Waals surface area contributed by atoms with Gasteiger partial charge in [-0.15, -0.1) is 0 Å². The van der Waals surface area contributed by atoms with Gasteiger partial charge in [-0.3, -0.25) is 0 Å². The summed E-state index contributed by atoms with van der Waals surface area (Å²) in [7, 11) is 0. The molecule has 0 bridgehead atoms. The summed E-state index contributed by atoms with van der Waals surface area (Å²) in [5, 5.41) is 13.1. The highest BCUT2D eigenvalue weighted by atomic mass is 32.2. The zero-order valence-electron chi connectivity index (χ0n) is 11.5. The summed E-state index contributed by atoms with van der Waals surface area (Å²) >= 11 is 1.96. The Labute approximate surface area is 119 Å². The summed E-state index contributed by atoms with van der Waals surface area (Å²) in [6.45, 7) is 4.03. The summed E-state index contributed by atoms with van der Waals surface area (Å²) in [6, 6.07) is 7.85. The number of phenols is 1. The molecule has 0 amide bonds. The molecular weight excluding hydrogens is 258 g/mol. The summed E-state index contributed by atoms with van der Waals surface area (Å²) in [5.74, 6) is 2.49. The van der Waals surface area contributed by atoms with E-state index in [9.17, 15) is 5.11 Å². The van der Waals surface area contributed by atoms with Gasteiger partial charge in [0.2, 0.25) is 0 Å². The molecule has 4 heteroatoms. The summed E-state index contributed by atoms with van der Waals surface area (Å²) < 4.78 is 5.89. The van der Waals surface area contributed by atoms with E-state index < -0.39 is 0 Å². The maximum absolute atomic E-state index is 9.56. The van der Waals surface area contributed by atoms with Gasteiger partial charge in [0.1, 0.15) is 5.75 Å². The molecule has 2 unspecified atom stereocenters. The Kier molecular flexibility index (Phi) is 6.01. The molecule has 1 aliphatic heterocycles. The van der Waals surface area contributed by atoms with Gasteiger partial charge in [0.15, 0.2) is 0 Å². The van der Waals surface area contributed by atoms with Gasteiger partial charge in [-0.25, -0.2) is 0 Å². The lowest BCUT2D eigenvalue weighted by atomic mass is 10.0. The molecule has 3 nitrogen and oxygen atoms in total. The van der Waals surface area contributed by atoms with Crippen LogP contribution >= 0.6 is 11.8 Å². The molecule has 19 heavy (non-hydrogen) atoms. The summed E-state index contributed by atoms with van der Waals surface area (Å²) in [5.41, 5.74) is 1.16. The van der Waals surface area contributed by atoms with Gasteiger partial charge < -0.3 is 15.2 Å². The predicted molar refractivity (Wildman–Crippen MR) is 81.0 cm³/mol. The fourth-order valence-electron chi connectivity index (χ4n) is 2.34. The third-order valence-electron chi connectivity index (χ3n) is 3.31. The first kappa shape index (κ1) is 14.7. The first-order chi connectivity index (χ1) is 9.29. The van der Waals surface area contributed by atoms with Gasteiger partial charge in [-0.2, -0.15) is 11.8 Å². The number of ether oxygens (including phenoxy) is 1. The zero-order valence-corrected chi connectivity index (χ0v) is 12.3. The Morgan fingerprint density at radius 2 is 2.42 bits per heavy atom. The second kappa shape index (κ2) is 7.78. The minimum absolute atomic E-state index is 0.271. The van der Waals surface area contributed by atoms with Crippen molar-refractivity contribution in [1.82, 2.24) is 5.32 Å². The Morgan fingerprint density at radius 1 is 1.53 bits per heavy atom. The monoisotopic (exact) mass is 281 g/mol. The average Bonchev–Trinajstić information content (AvgIpc) is 2.44. The number of nitrogens with one attached hydrogen (secondary N) is 1. The van der Waals surface area contributed by atoms with Crippen molar-refractivity contribution in [2.24, 2.45) is 0 Å². The molecule has 1 heterocycles. The van der Waals surface area contributed by atoms with Gasteiger partial charge in [-0.1, -0.05) is 19.1 Å². The van der Waals surface area contributed by atoms with Crippen LogP contribution in [-0.4, -0.2) is 41.9 Å². The number of rotatable bonds is 6. The lowest BCUT2D eigenvalue weighted by molar-refractivity contribution is 0.0472. The largest absolute Gasteiger partial charge is 0.508 e. The second-order valence-electron chi connectivity index (χ2n) is 4.92. The van der Waals surface area contributed by atoms with Crippen molar-refractivity contribution in [1.29, 1.82) is 0 Å². The van der Waals surface area contributed by atoms with E-state index in [1.54, 1.807) is 6.07 Å². The molecule has 106 valence electrons. The Bertz CT molecular complexity index is 380. The number of thioether (sulfide) groups is 1. The van der Waals surface area contributed by atoms with Crippen LogP contribution < -0.4 is 5.32 Å². The quantitative estimate of drug-likeness (QED) is 0.840. The van der Waals surface area contributed by atoms with E-state index in [-0.39, 0.29) is 6.10 Å². The number of hydrogen-bond donors (Lipinski definition) is 2. The molecule has 0 radical (unpaired) electrons. The van der Waals surface area contributed by atoms with Gasteiger partial charge in [0.05, 0.1) is 12.7 Å². The van der Waals surface area contributed by atoms with E-state index in [0.29, 0.717) is 11.8 Å². The van der Waals surface area contributed by atoms with Crippen LogP contribution in [0.25, 0.3) is 0 Å². The molecule has 2 N–H and O–H groups in total. The molecule has 2 rings (SSSR count). The van der Waals surface area contributed by atoms with Crippen LogP contribution in [0, 0.1) is 0 Å². The third-order valence-corrected chi connectivity index (χ3v) is 4.33. The molecule has 1 saturated heterocycles. The van der Waals surface area contributed by atoms with E-state index in [1.807, 2.05) is 23.9 Å². The van der Waals surface area contributed by atoms with Gasteiger partial charge in [0, 0.05) is 17.5 Å². The Hall–Kier alpha value is -0.710. The van der Waals surface area contributed by atoms with Crippen LogP contribution in [0.4, 0.5) is 0 Å². The fraction of sp³-hybridized carbons (Fsp3) is 0.600. The van der Waals surface area contributed by atoms with Crippen molar-refractivity contribution >= 4 is 11.8 Å². The fourth-order valence-corrected chi connectivity index (χ4v) is 3.28. The topological polar surface area (TPSA) is 41.5 Å². The van der Waals surface area contributed by atoms with Crippen molar-refractivity contribution in [3.63, 3.8) is 0 Å². The standard InChI is InChI=1S/C15H23NO2S/c1-2-6-16-14(15-11-19-8-7-18-15)10-12-4-3-5-13(17)9-12/h3-5,9,14-17H,2,6-8,10-11H2,1H3. The molecule has 0 aliphatic carbocycles. The number of benzene rings is 1. The molecular formula is C15H23NO2S. The summed E-state index contributed by atoms with van der Waals surface area (Å²) in [4.78, 5) is 0. The average molecular weight is 281 g/mol. The maximum Gasteiger partial charge on any atom is 0.115 e. The minimum Gasteiger partial charge on any atom is -0.508 e. The normalized spacial score (nSPS) is 21.2. The number of phenolic OH excluding ortho intramolecular Hbond substituents is 1. The van der Waals surface area contributed by atoms with E-state index in [0.717, 1.165) is 43.1 Å². The maximum atomic E-state index is 9.56. The summed E-state index contributed by atoms with van der Waals surface area (Å²) in [6.07, 6.45) is 2.29. The highest BCUT2D eigenvalue weighted by Crippen LogP contribution is 2.19. The first-order valence-corrected chi connectivity index (χ1v) is 8.15. The van der Waals surface area contributed by atoms with Crippen LogP contribution in [-0.2, 0) is 11.2 Å². The van der Waals surface area contributed by atoms with Crippen LogP contribution in [0.1, 0.15) is 18.9 Å². The first-order valence-electron chi connectivity index (χ1n) is 7.00. The molecule has 2 atom stereocenters. The lowest BCUT2D eigenvalue weighted by Crippen LogP contribution is -2.46. The smallest absolute Gasteiger partial charge is 0.115 e. The lowest BCUT2D eigenvalue weighted by Gasteiger charge is -2.31. The van der Waals surface area contributed by atoms with Crippen molar-refractivity contribution < 1.29 is 9.84 Å². The van der Waals surface area contributed by atoms with Gasteiger partial charge in [-0.05, 0) is 37.1 Å². The minimum atomic E-state index is 0.271. The number of aromatic hydroxyl groups is 1. The van der Waals surface area contributed by atoms with Crippen molar-refractivity contribution in [2.75, 3.05) is 24.7 Å². The molecule has 0 saturated carbocycles. The van der Waals surface area contributed by atoms with Gasteiger partial charge >= 0.3 is 0 Å². The molecule has 1 aromatic rings. The van der Waals surface area contributed by atoms with E-state index >= 15 is 0 Å². The van der Waals surface area contributed by atoms with E-state index in [4.69, 9.17) is 4.74 Å².